The number of nitrogens with zero attached hydrogens (tertiary/aromatic N) is 3. The lowest BCUT2D eigenvalue weighted by Crippen LogP contribution is -2.37. The molecule has 1 unspecified atom stereocenters. The minimum Gasteiger partial charge on any atom is -0.383 e. The first-order valence-electron chi connectivity index (χ1n) is 6.00. The lowest BCUT2D eigenvalue weighted by molar-refractivity contribution is -0.121. The largest absolute Gasteiger partial charge is 0.383 e. The highest BCUT2D eigenvalue weighted by molar-refractivity contribution is 5.78. The molecule has 102 valence electrons. The van der Waals surface area contributed by atoms with Crippen LogP contribution in [0.1, 0.15) is 31.6 Å². The lowest BCUT2D eigenvalue weighted by Gasteiger charge is -2.14. The lowest BCUT2D eigenvalue weighted by atomic mass is 10.1. The third-order valence-electron chi connectivity index (χ3n) is 2.35. The van der Waals surface area contributed by atoms with Gasteiger partial charge < -0.3 is 15.4 Å². The van der Waals surface area contributed by atoms with Crippen LogP contribution in [0, 0.1) is 0 Å². The number of methoxy groups -OCH3 is 1. The minimum absolute atomic E-state index is 0.0886. The average Bonchev–Trinajstić information content (AvgIpc) is 2.88. The van der Waals surface area contributed by atoms with Gasteiger partial charge in [0.05, 0.1) is 19.2 Å². The molecule has 0 saturated carbocycles. The van der Waals surface area contributed by atoms with E-state index in [9.17, 15) is 4.79 Å². The molecule has 3 N–H and O–H groups in total. The summed E-state index contributed by atoms with van der Waals surface area (Å²) in [6.07, 6.45) is 1.71. The molecule has 1 aromatic heterocycles. The summed E-state index contributed by atoms with van der Waals surface area (Å²) in [5.41, 5.74) is 0. The first kappa shape index (κ1) is 14.5. The number of aromatic nitrogens is 4. The number of carbonyl (C=O) groups is 1. The zero-order valence-corrected chi connectivity index (χ0v) is 10.8. The maximum atomic E-state index is 11.7. The molecule has 1 atom stereocenters. The molecule has 0 spiro atoms. The van der Waals surface area contributed by atoms with Crippen LogP contribution < -0.4 is 10.6 Å². The summed E-state index contributed by atoms with van der Waals surface area (Å²) >= 11 is 0. The number of amides is 1. The summed E-state index contributed by atoms with van der Waals surface area (Å²) in [7, 11) is 1.62. The van der Waals surface area contributed by atoms with Gasteiger partial charge in [0.15, 0.2) is 5.82 Å². The molecule has 0 fully saturated rings. The van der Waals surface area contributed by atoms with E-state index in [2.05, 4.69) is 31.3 Å². The fraction of sp³-hybridized carbons (Fsp3) is 0.800. The van der Waals surface area contributed by atoms with Crippen molar-refractivity contribution in [2.24, 2.45) is 0 Å². The Morgan fingerprint density at radius 1 is 1.56 bits per heavy atom. The first-order chi connectivity index (χ1) is 8.77. The summed E-state index contributed by atoms with van der Waals surface area (Å²) in [6.45, 7) is 3.51. The van der Waals surface area contributed by atoms with Gasteiger partial charge >= 0.3 is 0 Å². The molecular formula is C10H20N6O2. The molecular weight excluding hydrogens is 236 g/mol. The summed E-state index contributed by atoms with van der Waals surface area (Å²) in [6, 6.07) is -0.189. The van der Waals surface area contributed by atoms with Crippen molar-refractivity contribution >= 4 is 5.91 Å². The van der Waals surface area contributed by atoms with Crippen molar-refractivity contribution in [1.29, 1.82) is 0 Å². The van der Waals surface area contributed by atoms with Crippen LogP contribution in [-0.4, -0.2) is 53.3 Å². The van der Waals surface area contributed by atoms with Crippen LogP contribution in [0.3, 0.4) is 0 Å². The van der Waals surface area contributed by atoms with Crippen LogP contribution in [0.15, 0.2) is 0 Å². The molecule has 8 heteroatoms. The van der Waals surface area contributed by atoms with E-state index in [0.29, 0.717) is 19.0 Å². The van der Waals surface area contributed by atoms with Gasteiger partial charge in [-0.15, -0.1) is 10.2 Å². The monoisotopic (exact) mass is 256 g/mol. The molecule has 8 nitrogen and oxygen atoms in total. The highest BCUT2D eigenvalue weighted by Gasteiger charge is 2.17. The van der Waals surface area contributed by atoms with Crippen molar-refractivity contribution in [3.05, 3.63) is 5.82 Å². The Hall–Kier alpha value is -1.54. The Bertz CT molecular complexity index is 329. The fourth-order valence-corrected chi connectivity index (χ4v) is 1.49. The maximum absolute atomic E-state index is 11.7. The van der Waals surface area contributed by atoms with E-state index in [-0.39, 0.29) is 18.5 Å². The number of hydrogen-bond acceptors (Lipinski definition) is 6. The van der Waals surface area contributed by atoms with Gasteiger partial charge in [-0.3, -0.25) is 4.79 Å². The van der Waals surface area contributed by atoms with Crippen molar-refractivity contribution < 1.29 is 9.53 Å². The average molecular weight is 256 g/mol. The predicted molar refractivity (Wildman–Crippen MR) is 64.7 cm³/mol. The smallest absolute Gasteiger partial charge is 0.234 e. The molecule has 0 saturated heterocycles. The van der Waals surface area contributed by atoms with Gasteiger partial charge in [-0.1, -0.05) is 18.6 Å². The highest BCUT2D eigenvalue weighted by Crippen LogP contribution is 2.12. The number of nitrogens with one attached hydrogen (secondary N) is 3. The number of tetrazole rings is 1. The Kier molecular flexibility index (Phi) is 6.89. The van der Waals surface area contributed by atoms with Gasteiger partial charge in [0.1, 0.15) is 0 Å². The van der Waals surface area contributed by atoms with Crippen LogP contribution >= 0.6 is 0 Å². The number of ether oxygens (including phenoxy) is 1. The fourth-order valence-electron chi connectivity index (χ4n) is 1.49. The van der Waals surface area contributed by atoms with E-state index in [1.165, 1.54) is 0 Å². The minimum atomic E-state index is -0.189. The van der Waals surface area contributed by atoms with Crippen molar-refractivity contribution in [3.63, 3.8) is 0 Å². The van der Waals surface area contributed by atoms with Gasteiger partial charge in [0.25, 0.3) is 0 Å². The van der Waals surface area contributed by atoms with Crippen LogP contribution in [0.4, 0.5) is 0 Å². The number of carbonyl (C=O) groups excluding carboxylic acids is 1. The van der Waals surface area contributed by atoms with Gasteiger partial charge in [0.2, 0.25) is 5.91 Å². The third kappa shape index (κ3) is 5.19. The Morgan fingerprint density at radius 2 is 2.39 bits per heavy atom. The second-order valence-corrected chi connectivity index (χ2v) is 3.85. The molecule has 1 amide bonds. The van der Waals surface area contributed by atoms with Crippen molar-refractivity contribution in [2.45, 2.75) is 25.8 Å². The van der Waals surface area contributed by atoms with Crippen LogP contribution in [0.5, 0.6) is 0 Å². The van der Waals surface area contributed by atoms with Crippen LogP contribution in [-0.2, 0) is 9.53 Å². The van der Waals surface area contributed by atoms with E-state index in [1.807, 2.05) is 6.92 Å². The molecule has 0 aliphatic heterocycles. The van der Waals surface area contributed by atoms with Crippen molar-refractivity contribution in [3.8, 4) is 0 Å². The quantitative estimate of drug-likeness (QED) is 0.509. The van der Waals surface area contributed by atoms with E-state index < -0.39 is 0 Å². The second-order valence-electron chi connectivity index (χ2n) is 3.85. The van der Waals surface area contributed by atoms with E-state index in [0.717, 1.165) is 12.8 Å². The molecule has 0 bridgehead atoms. The molecule has 1 aromatic rings. The molecule has 0 aliphatic carbocycles. The first-order valence-corrected chi connectivity index (χ1v) is 6.00. The molecule has 1 rings (SSSR count). The Morgan fingerprint density at radius 3 is 3.00 bits per heavy atom. The molecule has 0 radical (unpaired) electrons. The standard InChI is InChI=1S/C10H20N6O2/c1-3-4-8(10-13-15-16-14-10)12-9(17)7-11-5-6-18-2/h8,11H,3-7H2,1-2H3,(H,12,17)(H,13,14,15,16). The van der Waals surface area contributed by atoms with E-state index in [4.69, 9.17) is 4.74 Å². The normalized spacial score (nSPS) is 12.3. The Balaban J connectivity index is 2.34. The number of hydrogen-bond donors (Lipinski definition) is 3. The summed E-state index contributed by atoms with van der Waals surface area (Å²) in [5.74, 6) is 0.427. The summed E-state index contributed by atoms with van der Waals surface area (Å²) < 4.78 is 4.88. The van der Waals surface area contributed by atoms with Gasteiger partial charge in [0, 0.05) is 13.7 Å². The Labute approximate surface area is 106 Å². The zero-order valence-electron chi connectivity index (χ0n) is 10.8. The topological polar surface area (TPSA) is 105 Å². The van der Waals surface area contributed by atoms with Gasteiger partial charge in [-0.25, -0.2) is 0 Å². The number of rotatable bonds is 9. The van der Waals surface area contributed by atoms with E-state index in [1.54, 1.807) is 7.11 Å². The molecule has 18 heavy (non-hydrogen) atoms. The van der Waals surface area contributed by atoms with Crippen molar-refractivity contribution in [1.82, 2.24) is 31.3 Å². The predicted octanol–water partition coefficient (Wildman–Crippen LogP) is -0.607. The summed E-state index contributed by atoms with van der Waals surface area (Å²) in [4.78, 5) is 11.7. The van der Waals surface area contributed by atoms with Gasteiger partial charge in [-0.2, -0.15) is 5.21 Å². The number of aromatic amines is 1. The SMILES string of the molecule is CCCC(NC(=O)CNCCOC)c1nn[nH]n1. The van der Waals surface area contributed by atoms with Crippen LogP contribution in [0.25, 0.3) is 0 Å². The van der Waals surface area contributed by atoms with E-state index >= 15 is 0 Å². The molecule has 0 aromatic carbocycles. The zero-order chi connectivity index (χ0) is 13.2. The molecule has 0 aliphatic rings. The molecule has 1 heterocycles. The highest BCUT2D eigenvalue weighted by atomic mass is 16.5. The summed E-state index contributed by atoms with van der Waals surface area (Å²) in [5, 5.41) is 19.5. The van der Waals surface area contributed by atoms with Crippen molar-refractivity contribution in [2.75, 3.05) is 26.8 Å². The van der Waals surface area contributed by atoms with Gasteiger partial charge in [-0.05, 0) is 6.42 Å². The maximum Gasteiger partial charge on any atom is 0.234 e. The van der Waals surface area contributed by atoms with Crippen LogP contribution in [0.2, 0.25) is 0 Å². The number of H-pyrrole nitrogens is 1. The second kappa shape index (κ2) is 8.54. The third-order valence-corrected chi connectivity index (χ3v) is 2.35.